The number of aromatic nitrogens is 1. The van der Waals surface area contributed by atoms with E-state index in [0.717, 1.165) is 5.69 Å². The molecule has 0 radical (unpaired) electrons. The fourth-order valence-corrected chi connectivity index (χ4v) is 4.55. The predicted octanol–water partition coefficient (Wildman–Crippen LogP) is 2.41. The summed E-state index contributed by atoms with van der Waals surface area (Å²) in [6.45, 7) is 4.30. The van der Waals surface area contributed by atoms with E-state index >= 15 is 0 Å². The zero-order valence-electron chi connectivity index (χ0n) is 14.1. The molecule has 2 aromatic rings. The summed E-state index contributed by atoms with van der Waals surface area (Å²) in [4.78, 5) is 4.36. The van der Waals surface area contributed by atoms with Crippen molar-refractivity contribution < 1.29 is 13.2 Å². The van der Waals surface area contributed by atoms with Crippen LogP contribution in [0.1, 0.15) is 23.2 Å². The van der Waals surface area contributed by atoms with Crippen LogP contribution in [0, 0.1) is 25.2 Å². The second-order valence-electron chi connectivity index (χ2n) is 6.12. The Morgan fingerprint density at radius 1 is 1.28 bits per heavy atom. The Morgan fingerprint density at radius 2 is 2.08 bits per heavy atom. The van der Waals surface area contributed by atoms with Crippen molar-refractivity contribution in [1.29, 1.82) is 5.26 Å². The van der Waals surface area contributed by atoms with Crippen molar-refractivity contribution in [3.05, 3.63) is 53.3 Å². The van der Waals surface area contributed by atoms with Gasteiger partial charge in [-0.25, -0.2) is 8.42 Å². The number of ether oxygens (including phenoxy) is 1. The molecule has 0 amide bonds. The molecule has 1 unspecified atom stereocenters. The summed E-state index contributed by atoms with van der Waals surface area (Å²) in [5.74, 6) is 0.637. The Balaban J connectivity index is 1.77. The number of rotatable bonds is 4. The second kappa shape index (κ2) is 6.82. The van der Waals surface area contributed by atoms with Crippen molar-refractivity contribution in [2.24, 2.45) is 0 Å². The molecule has 1 aromatic carbocycles. The van der Waals surface area contributed by atoms with Crippen LogP contribution in [0.25, 0.3) is 0 Å². The molecule has 3 rings (SSSR count). The zero-order valence-corrected chi connectivity index (χ0v) is 15.0. The first-order valence-corrected chi connectivity index (χ1v) is 9.44. The molecule has 0 aliphatic carbocycles. The van der Waals surface area contributed by atoms with Crippen LogP contribution in [-0.2, 0) is 10.0 Å². The molecule has 1 fully saturated rings. The second-order valence-corrected chi connectivity index (χ2v) is 8.03. The smallest absolute Gasteiger partial charge is 0.243 e. The van der Waals surface area contributed by atoms with Gasteiger partial charge in [0.25, 0.3) is 0 Å². The van der Waals surface area contributed by atoms with Crippen molar-refractivity contribution in [3.8, 4) is 11.8 Å². The summed E-state index contributed by atoms with van der Waals surface area (Å²) in [5, 5.41) is 9.03. The number of sulfonamides is 1. The third-order valence-corrected chi connectivity index (χ3v) is 6.24. The van der Waals surface area contributed by atoms with E-state index < -0.39 is 10.0 Å². The molecule has 0 spiro atoms. The van der Waals surface area contributed by atoms with E-state index in [1.807, 2.05) is 25.1 Å². The standard InChI is InChI=1S/C18H19N3O3S/c1-13-3-5-15(10-19)9-18(13)25(22,23)21-8-7-17(12-21)24-16-6-4-14(2)20-11-16/h3-6,9,11,17H,7-8,12H2,1-2H3. The number of nitriles is 1. The Morgan fingerprint density at radius 3 is 2.76 bits per heavy atom. The fraction of sp³-hybridized carbons (Fsp3) is 0.333. The van der Waals surface area contributed by atoms with Gasteiger partial charge in [0.05, 0.1) is 29.3 Å². The van der Waals surface area contributed by atoms with Crippen molar-refractivity contribution in [2.45, 2.75) is 31.3 Å². The SMILES string of the molecule is Cc1ccc(OC2CCN(S(=O)(=O)c3cc(C#N)ccc3C)C2)cn1. The molecule has 6 nitrogen and oxygen atoms in total. The van der Waals surface area contributed by atoms with Gasteiger partial charge in [0.15, 0.2) is 0 Å². The summed E-state index contributed by atoms with van der Waals surface area (Å²) >= 11 is 0. The molecule has 130 valence electrons. The van der Waals surface area contributed by atoms with Gasteiger partial charge in [0, 0.05) is 12.2 Å². The van der Waals surface area contributed by atoms with Crippen LogP contribution in [0.2, 0.25) is 0 Å². The molecule has 7 heteroatoms. The molecule has 0 N–H and O–H groups in total. The average molecular weight is 357 g/mol. The van der Waals surface area contributed by atoms with Crippen LogP contribution in [0.15, 0.2) is 41.4 Å². The third kappa shape index (κ3) is 3.65. The van der Waals surface area contributed by atoms with E-state index in [1.165, 1.54) is 10.4 Å². The van der Waals surface area contributed by atoms with Crippen LogP contribution in [0.5, 0.6) is 5.75 Å². The largest absolute Gasteiger partial charge is 0.487 e. The summed E-state index contributed by atoms with van der Waals surface area (Å²) in [7, 11) is -3.65. The number of aryl methyl sites for hydroxylation is 2. The first-order chi connectivity index (χ1) is 11.9. The quantitative estimate of drug-likeness (QED) is 0.839. The molecular formula is C18H19N3O3S. The number of hydrogen-bond donors (Lipinski definition) is 0. The maximum Gasteiger partial charge on any atom is 0.243 e. The molecule has 1 atom stereocenters. The van der Waals surface area contributed by atoms with Crippen LogP contribution >= 0.6 is 0 Å². The minimum Gasteiger partial charge on any atom is -0.487 e. The summed E-state index contributed by atoms with van der Waals surface area (Å²) < 4.78 is 33.1. The number of hydrogen-bond acceptors (Lipinski definition) is 5. The van der Waals surface area contributed by atoms with Gasteiger partial charge >= 0.3 is 0 Å². The van der Waals surface area contributed by atoms with Crippen LogP contribution in [0.4, 0.5) is 0 Å². The van der Waals surface area contributed by atoms with Crippen molar-refractivity contribution >= 4 is 10.0 Å². The Kier molecular flexibility index (Phi) is 4.75. The molecule has 1 saturated heterocycles. The highest BCUT2D eigenvalue weighted by Gasteiger charge is 2.34. The molecule has 1 aliphatic heterocycles. The van der Waals surface area contributed by atoms with E-state index in [-0.39, 0.29) is 17.5 Å². The van der Waals surface area contributed by atoms with E-state index in [1.54, 1.807) is 25.3 Å². The lowest BCUT2D eigenvalue weighted by molar-refractivity contribution is 0.214. The van der Waals surface area contributed by atoms with E-state index in [9.17, 15) is 8.42 Å². The van der Waals surface area contributed by atoms with Gasteiger partial charge in [-0.2, -0.15) is 9.57 Å². The monoisotopic (exact) mass is 357 g/mol. The lowest BCUT2D eigenvalue weighted by Crippen LogP contribution is -2.31. The van der Waals surface area contributed by atoms with E-state index in [2.05, 4.69) is 4.98 Å². The minimum absolute atomic E-state index is 0.184. The van der Waals surface area contributed by atoms with Gasteiger partial charge < -0.3 is 4.74 Å². The molecule has 2 heterocycles. The zero-order chi connectivity index (χ0) is 18.0. The Bertz CT molecular complexity index is 918. The first kappa shape index (κ1) is 17.4. The van der Waals surface area contributed by atoms with Gasteiger partial charge in [-0.1, -0.05) is 6.07 Å². The normalized spacial score (nSPS) is 18.0. The van der Waals surface area contributed by atoms with Gasteiger partial charge in [0.2, 0.25) is 10.0 Å². The summed E-state index contributed by atoms with van der Waals surface area (Å²) in [6, 6.07) is 10.4. The van der Waals surface area contributed by atoms with Gasteiger partial charge in [-0.05, 0) is 50.1 Å². The lowest BCUT2D eigenvalue weighted by Gasteiger charge is -2.18. The maximum absolute atomic E-state index is 12.9. The summed E-state index contributed by atoms with van der Waals surface area (Å²) in [5.41, 5.74) is 1.86. The van der Waals surface area contributed by atoms with Crippen molar-refractivity contribution in [3.63, 3.8) is 0 Å². The van der Waals surface area contributed by atoms with Crippen LogP contribution in [0.3, 0.4) is 0 Å². The van der Waals surface area contributed by atoms with Crippen LogP contribution < -0.4 is 4.74 Å². The Labute approximate surface area is 147 Å². The highest BCUT2D eigenvalue weighted by molar-refractivity contribution is 7.89. The molecule has 0 bridgehead atoms. The Hall–Kier alpha value is -2.43. The summed E-state index contributed by atoms with van der Waals surface area (Å²) in [6.07, 6.45) is 2.05. The number of benzene rings is 1. The number of nitrogens with zero attached hydrogens (tertiary/aromatic N) is 3. The first-order valence-electron chi connectivity index (χ1n) is 8.00. The van der Waals surface area contributed by atoms with Crippen molar-refractivity contribution in [2.75, 3.05) is 13.1 Å². The van der Waals surface area contributed by atoms with E-state index in [0.29, 0.717) is 29.8 Å². The maximum atomic E-state index is 12.9. The molecular weight excluding hydrogens is 338 g/mol. The predicted molar refractivity (Wildman–Crippen MR) is 92.7 cm³/mol. The molecule has 0 saturated carbocycles. The lowest BCUT2D eigenvalue weighted by atomic mass is 10.2. The highest BCUT2D eigenvalue weighted by atomic mass is 32.2. The highest BCUT2D eigenvalue weighted by Crippen LogP contribution is 2.26. The van der Waals surface area contributed by atoms with Crippen molar-refractivity contribution in [1.82, 2.24) is 9.29 Å². The third-order valence-electron chi connectivity index (χ3n) is 4.23. The molecule has 1 aromatic heterocycles. The van der Waals surface area contributed by atoms with Crippen LogP contribution in [-0.4, -0.2) is 36.9 Å². The van der Waals surface area contributed by atoms with Gasteiger partial charge in [0.1, 0.15) is 11.9 Å². The van der Waals surface area contributed by atoms with Gasteiger partial charge in [-0.3, -0.25) is 4.98 Å². The molecule has 25 heavy (non-hydrogen) atoms. The van der Waals surface area contributed by atoms with E-state index in [4.69, 9.17) is 10.00 Å². The minimum atomic E-state index is -3.65. The topological polar surface area (TPSA) is 83.3 Å². The molecule has 1 aliphatic rings. The van der Waals surface area contributed by atoms with Gasteiger partial charge in [-0.15, -0.1) is 0 Å². The number of pyridine rings is 1. The average Bonchev–Trinajstić information content (AvgIpc) is 3.06. The fourth-order valence-electron chi connectivity index (χ4n) is 2.82.